The van der Waals surface area contributed by atoms with Crippen molar-refractivity contribution in [1.29, 1.82) is 0 Å². The smallest absolute Gasteiger partial charge is 0.254 e. The molecule has 0 saturated carbocycles. The van der Waals surface area contributed by atoms with Crippen molar-refractivity contribution in [3.8, 4) is 0 Å². The van der Waals surface area contributed by atoms with Gasteiger partial charge >= 0.3 is 0 Å². The van der Waals surface area contributed by atoms with Gasteiger partial charge in [0.1, 0.15) is 0 Å². The minimum Gasteiger partial charge on any atom is -0.381 e. The summed E-state index contributed by atoms with van der Waals surface area (Å²) in [6.07, 6.45) is 1.92. The first-order chi connectivity index (χ1) is 9.15. The van der Waals surface area contributed by atoms with Gasteiger partial charge in [-0.15, -0.1) is 0 Å². The molecular formula is C15H22N2O2. The molecule has 1 aromatic carbocycles. The summed E-state index contributed by atoms with van der Waals surface area (Å²) in [7, 11) is 1.72. The van der Waals surface area contributed by atoms with Gasteiger partial charge in [0.25, 0.3) is 5.91 Å². The lowest BCUT2D eigenvalue weighted by Crippen LogP contribution is -2.51. The zero-order chi connectivity index (χ0) is 13.8. The molecule has 0 spiro atoms. The highest BCUT2D eigenvalue weighted by atomic mass is 16.5. The van der Waals surface area contributed by atoms with Crippen molar-refractivity contribution >= 4 is 5.91 Å². The Morgan fingerprint density at radius 1 is 1.53 bits per heavy atom. The highest BCUT2D eigenvalue weighted by Crippen LogP contribution is 2.21. The molecule has 2 N–H and O–H groups in total. The number of carbonyl (C=O) groups excluding carboxylic acids is 1. The Labute approximate surface area is 114 Å². The third-order valence-corrected chi connectivity index (χ3v) is 3.80. The van der Waals surface area contributed by atoms with Gasteiger partial charge in [-0.05, 0) is 31.9 Å². The number of nitrogens with zero attached hydrogens (tertiary/aromatic N) is 1. The van der Waals surface area contributed by atoms with Gasteiger partial charge in [0.2, 0.25) is 0 Å². The number of rotatable bonds is 3. The molecule has 2 rings (SSSR count). The summed E-state index contributed by atoms with van der Waals surface area (Å²) in [4.78, 5) is 14.4. The number of ether oxygens (including phenoxy) is 1. The van der Waals surface area contributed by atoms with Crippen LogP contribution in [0.15, 0.2) is 24.3 Å². The third-order valence-electron chi connectivity index (χ3n) is 3.80. The van der Waals surface area contributed by atoms with Crippen LogP contribution in [0.25, 0.3) is 0 Å². The summed E-state index contributed by atoms with van der Waals surface area (Å²) < 4.78 is 5.38. The number of methoxy groups -OCH3 is 1. The standard InChI is InChI=1S/C15H22N2O2/c1-11-4-3-5-12(8-11)15(18)17-7-6-14(19-2)9-13(17)10-16/h3-5,8,13-14H,6-7,9-10,16H2,1-2H3. The minimum absolute atomic E-state index is 0.0757. The first-order valence-corrected chi connectivity index (χ1v) is 6.76. The number of likely N-dealkylation sites (tertiary alicyclic amines) is 1. The Hall–Kier alpha value is -1.39. The molecular weight excluding hydrogens is 240 g/mol. The van der Waals surface area contributed by atoms with Crippen LogP contribution in [0.4, 0.5) is 0 Å². The number of carbonyl (C=O) groups is 1. The van der Waals surface area contributed by atoms with Gasteiger partial charge in [0.15, 0.2) is 0 Å². The second-order valence-corrected chi connectivity index (χ2v) is 5.14. The fraction of sp³-hybridized carbons (Fsp3) is 0.533. The summed E-state index contributed by atoms with van der Waals surface area (Å²) in [5.41, 5.74) is 7.65. The molecule has 0 radical (unpaired) electrons. The van der Waals surface area contributed by atoms with Crippen molar-refractivity contribution in [3.05, 3.63) is 35.4 Å². The van der Waals surface area contributed by atoms with Crippen LogP contribution in [0, 0.1) is 6.92 Å². The SMILES string of the molecule is COC1CCN(C(=O)c2cccc(C)c2)C(CN)C1. The molecule has 1 heterocycles. The quantitative estimate of drug-likeness (QED) is 0.899. The third kappa shape index (κ3) is 3.14. The van der Waals surface area contributed by atoms with E-state index in [2.05, 4.69) is 0 Å². The molecule has 1 aromatic rings. The van der Waals surface area contributed by atoms with Gasteiger partial charge in [0.05, 0.1) is 6.10 Å². The van der Waals surface area contributed by atoms with Crippen molar-refractivity contribution in [2.45, 2.75) is 31.9 Å². The number of hydrogen-bond donors (Lipinski definition) is 1. The van der Waals surface area contributed by atoms with E-state index in [1.165, 1.54) is 0 Å². The van der Waals surface area contributed by atoms with Crippen LogP contribution in [0.3, 0.4) is 0 Å². The van der Waals surface area contributed by atoms with Crippen LogP contribution in [-0.4, -0.2) is 43.2 Å². The highest BCUT2D eigenvalue weighted by Gasteiger charge is 2.31. The predicted molar refractivity (Wildman–Crippen MR) is 75.1 cm³/mol. The van der Waals surface area contributed by atoms with Gasteiger partial charge in [0, 0.05) is 31.8 Å². The first-order valence-electron chi connectivity index (χ1n) is 6.76. The Bertz CT molecular complexity index is 448. The van der Waals surface area contributed by atoms with E-state index in [0.717, 1.165) is 24.0 Å². The summed E-state index contributed by atoms with van der Waals surface area (Å²) in [5, 5.41) is 0. The molecule has 4 nitrogen and oxygen atoms in total. The second kappa shape index (κ2) is 6.17. The van der Waals surface area contributed by atoms with Crippen molar-refractivity contribution in [2.75, 3.05) is 20.2 Å². The molecule has 0 aromatic heterocycles. The average molecular weight is 262 g/mol. The number of amides is 1. The molecule has 2 atom stereocenters. The fourth-order valence-electron chi connectivity index (χ4n) is 2.66. The van der Waals surface area contributed by atoms with Crippen LogP contribution in [-0.2, 0) is 4.74 Å². The summed E-state index contributed by atoms with van der Waals surface area (Å²) >= 11 is 0. The predicted octanol–water partition coefficient (Wildman–Crippen LogP) is 1.57. The van der Waals surface area contributed by atoms with Crippen molar-refractivity contribution in [3.63, 3.8) is 0 Å². The lowest BCUT2D eigenvalue weighted by molar-refractivity contribution is 0.0139. The summed E-state index contributed by atoms with van der Waals surface area (Å²) in [5.74, 6) is 0.0775. The van der Waals surface area contributed by atoms with Crippen LogP contribution < -0.4 is 5.73 Å². The first kappa shape index (κ1) is 14.0. The molecule has 0 bridgehead atoms. The summed E-state index contributed by atoms with van der Waals surface area (Å²) in [6.45, 7) is 3.19. The van der Waals surface area contributed by atoms with E-state index in [1.807, 2.05) is 36.1 Å². The van der Waals surface area contributed by atoms with Crippen molar-refractivity contribution in [2.24, 2.45) is 5.73 Å². The number of benzene rings is 1. The molecule has 1 saturated heterocycles. The van der Waals surface area contributed by atoms with Gasteiger partial charge in [-0.1, -0.05) is 17.7 Å². The maximum absolute atomic E-state index is 12.5. The normalized spacial score (nSPS) is 23.4. The van der Waals surface area contributed by atoms with Gasteiger partial charge < -0.3 is 15.4 Å². The van der Waals surface area contributed by atoms with Gasteiger partial charge in [-0.2, -0.15) is 0 Å². The van der Waals surface area contributed by atoms with E-state index in [9.17, 15) is 4.79 Å². The van der Waals surface area contributed by atoms with Crippen LogP contribution in [0.5, 0.6) is 0 Å². The van der Waals surface area contributed by atoms with Crippen molar-refractivity contribution < 1.29 is 9.53 Å². The van der Waals surface area contributed by atoms with E-state index >= 15 is 0 Å². The van der Waals surface area contributed by atoms with E-state index in [4.69, 9.17) is 10.5 Å². The van der Waals surface area contributed by atoms with E-state index < -0.39 is 0 Å². The van der Waals surface area contributed by atoms with E-state index in [0.29, 0.717) is 13.1 Å². The molecule has 1 fully saturated rings. The summed E-state index contributed by atoms with van der Waals surface area (Å²) in [6, 6.07) is 7.78. The number of piperidine rings is 1. The number of aryl methyl sites for hydroxylation is 1. The van der Waals surface area contributed by atoms with Crippen LogP contribution in [0.2, 0.25) is 0 Å². The average Bonchev–Trinajstić information content (AvgIpc) is 2.45. The minimum atomic E-state index is 0.0757. The maximum atomic E-state index is 12.5. The van der Waals surface area contributed by atoms with E-state index in [-0.39, 0.29) is 18.1 Å². The Morgan fingerprint density at radius 3 is 2.95 bits per heavy atom. The lowest BCUT2D eigenvalue weighted by Gasteiger charge is -2.38. The molecule has 1 amide bonds. The Kier molecular flexibility index (Phi) is 4.56. The fourth-order valence-corrected chi connectivity index (χ4v) is 2.66. The van der Waals surface area contributed by atoms with Crippen LogP contribution in [0.1, 0.15) is 28.8 Å². The molecule has 1 aliphatic heterocycles. The zero-order valence-corrected chi connectivity index (χ0v) is 11.6. The Morgan fingerprint density at radius 2 is 2.32 bits per heavy atom. The molecule has 4 heteroatoms. The molecule has 0 aliphatic carbocycles. The molecule has 2 unspecified atom stereocenters. The maximum Gasteiger partial charge on any atom is 0.254 e. The lowest BCUT2D eigenvalue weighted by atomic mass is 9.98. The van der Waals surface area contributed by atoms with Gasteiger partial charge in [-0.25, -0.2) is 0 Å². The molecule has 1 aliphatic rings. The molecule has 104 valence electrons. The largest absolute Gasteiger partial charge is 0.381 e. The van der Waals surface area contributed by atoms with Crippen LogP contribution >= 0.6 is 0 Å². The second-order valence-electron chi connectivity index (χ2n) is 5.14. The molecule has 19 heavy (non-hydrogen) atoms. The number of nitrogens with two attached hydrogens (primary N) is 1. The topological polar surface area (TPSA) is 55.6 Å². The number of hydrogen-bond acceptors (Lipinski definition) is 3. The monoisotopic (exact) mass is 262 g/mol. The van der Waals surface area contributed by atoms with E-state index in [1.54, 1.807) is 7.11 Å². The highest BCUT2D eigenvalue weighted by molar-refractivity contribution is 5.94. The van der Waals surface area contributed by atoms with Gasteiger partial charge in [-0.3, -0.25) is 4.79 Å². The Balaban J connectivity index is 2.14. The zero-order valence-electron chi connectivity index (χ0n) is 11.6. The van der Waals surface area contributed by atoms with Crippen molar-refractivity contribution in [1.82, 2.24) is 4.90 Å².